The van der Waals surface area contributed by atoms with E-state index in [0.29, 0.717) is 60.1 Å². The Bertz CT molecular complexity index is 2420. The third-order valence-corrected chi connectivity index (χ3v) is 14.9. The number of aliphatic hydroxyl groups excluding tert-OH is 1. The number of nitrogens with one attached hydrogen (secondary N) is 2. The van der Waals surface area contributed by atoms with Gasteiger partial charge in [0.05, 0.1) is 42.8 Å². The number of piperazine rings is 1. The number of nitrogens with zero attached hydrogens (tertiary/aromatic N) is 2. The predicted octanol–water partition coefficient (Wildman–Crippen LogP) is 5.36. The van der Waals surface area contributed by atoms with Crippen LogP contribution >= 0.6 is 11.8 Å². The zero-order valence-electron chi connectivity index (χ0n) is 34.1. The van der Waals surface area contributed by atoms with E-state index >= 15 is 0 Å². The van der Waals surface area contributed by atoms with E-state index in [1.165, 1.54) is 18.7 Å². The third-order valence-electron chi connectivity index (χ3n) is 13.5. The number of thioether (sulfide) groups is 1. The number of aromatic hydroxyl groups is 1. The van der Waals surface area contributed by atoms with Gasteiger partial charge in [-0.3, -0.25) is 19.9 Å². The van der Waals surface area contributed by atoms with Crippen LogP contribution in [0.3, 0.4) is 0 Å². The third kappa shape index (κ3) is 5.54. The summed E-state index contributed by atoms with van der Waals surface area (Å²) in [5.41, 5.74) is 5.85. The molecule has 0 radical (unpaired) electrons. The van der Waals surface area contributed by atoms with E-state index in [9.17, 15) is 19.8 Å². The average Bonchev–Trinajstić information content (AvgIpc) is 3.86. The highest BCUT2D eigenvalue weighted by Gasteiger charge is 2.61. The lowest BCUT2D eigenvalue weighted by Crippen LogP contribution is -2.70. The topological polar surface area (TPSA) is 164 Å². The van der Waals surface area contributed by atoms with E-state index in [-0.39, 0.29) is 30.9 Å². The number of hydrogen-bond donors (Lipinski definition) is 4. The molecule has 312 valence electrons. The van der Waals surface area contributed by atoms with E-state index in [1.807, 2.05) is 37.9 Å². The van der Waals surface area contributed by atoms with Crippen molar-refractivity contribution in [2.75, 3.05) is 46.5 Å². The van der Waals surface area contributed by atoms with Gasteiger partial charge in [-0.2, -0.15) is 0 Å². The fraction of sp³-hybridized carbons (Fsp3) is 0.500. The number of aromatic nitrogens is 1. The Morgan fingerprint density at radius 1 is 1.10 bits per heavy atom. The van der Waals surface area contributed by atoms with Gasteiger partial charge in [0.2, 0.25) is 6.79 Å². The molecule has 11 rings (SSSR count). The highest BCUT2D eigenvalue weighted by molar-refractivity contribution is 7.99. The molecule has 14 nitrogen and oxygen atoms in total. The van der Waals surface area contributed by atoms with E-state index in [4.69, 9.17) is 28.4 Å². The van der Waals surface area contributed by atoms with Gasteiger partial charge in [0.15, 0.2) is 28.5 Å². The second-order valence-electron chi connectivity index (χ2n) is 16.6. The molecule has 4 aromatic rings. The number of carbonyl (C=O) groups is 2. The molecule has 1 unspecified atom stereocenters. The Morgan fingerprint density at radius 3 is 2.69 bits per heavy atom. The molecule has 4 bridgehead atoms. The zero-order chi connectivity index (χ0) is 41.1. The normalized spacial score (nSPS) is 28.1. The van der Waals surface area contributed by atoms with Crippen molar-refractivity contribution >= 4 is 34.6 Å². The molecule has 7 aliphatic rings. The van der Waals surface area contributed by atoms with Crippen LogP contribution in [-0.2, 0) is 32.7 Å². The van der Waals surface area contributed by atoms with Crippen LogP contribution < -0.4 is 29.0 Å². The summed E-state index contributed by atoms with van der Waals surface area (Å²) < 4.78 is 36.9. The molecule has 1 aromatic heterocycles. The van der Waals surface area contributed by atoms with Gasteiger partial charge in [-0.25, -0.2) is 4.79 Å². The lowest BCUT2D eigenvalue weighted by Gasteiger charge is -2.62. The number of unbranched alkanes of at least 4 members (excludes halogenated alkanes) is 1. The monoisotopic (exact) mass is 826 g/mol. The predicted molar refractivity (Wildman–Crippen MR) is 219 cm³/mol. The number of phenols is 1. The number of likely N-dealkylation sites (N-methyl/N-ethyl adjacent to an activating group) is 1. The smallest absolute Gasteiger partial charge is 0.333 e. The minimum absolute atomic E-state index is 0.0433. The van der Waals surface area contributed by atoms with E-state index in [1.54, 1.807) is 7.11 Å². The van der Waals surface area contributed by atoms with Crippen molar-refractivity contribution < 1.29 is 48.2 Å². The minimum Gasteiger partial charge on any atom is -0.504 e. The summed E-state index contributed by atoms with van der Waals surface area (Å²) in [6, 6.07) is 5.94. The number of fused-ring (bicyclic) bond motifs is 11. The lowest BCUT2D eigenvalue weighted by atomic mass is 9.73. The molecular formula is C44H50N4O10S. The number of phenolic OH excluding ortho intramolecular Hbond substituents is 1. The maximum Gasteiger partial charge on any atom is 0.333 e. The number of benzene rings is 3. The van der Waals surface area contributed by atoms with E-state index < -0.39 is 47.1 Å². The fourth-order valence-electron chi connectivity index (χ4n) is 10.9. The Labute approximate surface area is 346 Å². The number of methoxy groups -OCH3 is 1. The summed E-state index contributed by atoms with van der Waals surface area (Å²) in [6.45, 7) is 8.24. The second kappa shape index (κ2) is 14.2. The number of esters is 2. The molecule has 1 spiro atoms. The van der Waals surface area contributed by atoms with Gasteiger partial charge in [0.25, 0.3) is 0 Å². The van der Waals surface area contributed by atoms with Crippen LogP contribution in [0.15, 0.2) is 24.3 Å². The molecule has 15 heteroatoms. The highest BCUT2D eigenvalue weighted by Crippen LogP contribution is 2.64. The quantitative estimate of drug-likeness (QED) is 0.112. The lowest BCUT2D eigenvalue weighted by molar-refractivity contribution is -0.186. The van der Waals surface area contributed by atoms with Crippen LogP contribution in [0.1, 0.15) is 88.7 Å². The van der Waals surface area contributed by atoms with Crippen LogP contribution in [0.2, 0.25) is 0 Å². The summed E-state index contributed by atoms with van der Waals surface area (Å²) in [4.78, 5) is 35.8. The van der Waals surface area contributed by atoms with Gasteiger partial charge in [0, 0.05) is 58.4 Å². The average molecular weight is 827 g/mol. The summed E-state index contributed by atoms with van der Waals surface area (Å²) in [5.74, 6) is 1.82. The molecule has 7 aliphatic heterocycles. The van der Waals surface area contributed by atoms with Gasteiger partial charge in [-0.15, -0.1) is 11.8 Å². The number of hydrogen-bond acceptors (Lipinski definition) is 14. The maximum atomic E-state index is 15.0. The van der Waals surface area contributed by atoms with Gasteiger partial charge in [0.1, 0.15) is 24.3 Å². The molecule has 59 heavy (non-hydrogen) atoms. The van der Waals surface area contributed by atoms with Gasteiger partial charge < -0.3 is 43.6 Å². The first-order valence-electron chi connectivity index (χ1n) is 20.5. The number of rotatable bonds is 6. The van der Waals surface area contributed by atoms with Crippen LogP contribution in [0.4, 0.5) is 0 Å². The number of carbonyl (C=O) groups excluding carboxylic acids is 2. The van der Waals surface area contributed by atoms with Crippen LogP contribution in [0.25, 0.3) is 10.9 Å². The Kier molecular flexibility index (Phi) is 9.29. The van der Waals surface area contributed by atoms with Crippen molar-refractivity contribution in [1.29, 1.82) is 0 Å². The molecule has 0 aliphatic carbocycles. The largest absolute Gasteiger partial charge is 0.504 e. The number of ether oxygens (including phenoxy) is 6. The summed E-state index contributed by atoms with van der Waals surface area (Å²) >= 11 is 1.54. The Hall–Kier alpha value is -4.67. The number of aromatic amines is 1. The number of aryl methyl sites for hydroxylation is 1. The minimum atomic E-state index is -1.29. The number of aliphatic hydroxyl groups is 1. The Morgan fingerprint density at radius 2 is 1.92 bits per heavy atom. The molecule has 8 heterocycles. The van der Waals surface area contributed by atoms with Gasteiger partial charge >= 0.3 is 11.9 Å². The molecule has 0 saturated carbocycles. The molecule has 2 saturated heterocycles. The highest BCUT2D eigenvalue weighted by atomic mass is 32.2. The van der Waals surface area contributed by atoms with Crippen molar-refractivity contribution in [2.45, 2.75) is 94.6 Å². The molecule has 2 fully saturated rings. The summed E-state index contributed by atoms with van der Waals surface area (Å²) in [6.07, 6.45) is 2.12. The van der Waals surface area contributed by atoms with Gasteiger partial charge in [-0.05, 0) is 75.0 Å². The van der Waals surface area contributed by atoms with Crippen molar-refractivity contribution in [3.63, 3.8) is 0 Å². The first-order chi connectivity index (χ1) is 28.5. The summed E-state index contributed by atoms with van der Waals surface area (Å²) in [7, 11) is 3.54. The molecular weight excluding hydrogens is 777 g/mol. The molecule has 4 N–H and O–H groups in total. The second-order valence-corrected chi connectivity index (χ2v) is 17.8. The van der Waals surface area contributed by atoms with Crippen molar-refractivity contribution in [3.8, 4) is 34.5 Å². The SMILES string of the molecule is CCCCOc1ccc2[nH]c3c(c2c1)CCN[C@]31CS[C@@H]2c3c(OC(C)=O)c(C)c4c(c3[C@H](COC1=O)N1C2[C@@H]2c3c(cc(C)c(OC)c3O)C[C@@H]([C@@H]1O)N2C)OCO4. The van der Waals surface area contributed by atoms with Gasteiger partial charge in [-0.1, -0.05) is 19.4 Å². The molecule has 7 atom stereocenters. The Balaban J connectivity index is 1.19. The van der Waals surface area contributed by atoms with Crippen LogP contribution in [-0.4, -0.2) is 102 Å². The zero-order valence-corrected chi connectivity index (χ0v) is 34.9. The molecule has 0 amide bonds. The summed E-state index contributed by atoms with van der Waals surface area (Å²) in [5, 5.41) is 28.8. The van der Waals surface area contributed by atoms with E-state index in [0.717, 1.165) is 63.0 Å². The maximum absolute atomic E-state index is 15.0. The van der Waals surface area contributed by atoms with Crippen molar-refractivity contribution in [1.82, 2.24) is 20.1 Å². The van der Waals surface area contributed by atoms with Crippen LogP contribution in [0.5, 0.6) is 34.5 Å². The van der Waals surface area contributed by atoms with Crippen LogP contribution in [0, 0.1) is 13.8 Å². The standard InChI is InChI=1S/C44H50N4O10S/c1-7-8-13-54-24-9-10-27-26(16-24)25-11-12-45-44(41(25)46-27)18-59-40-32-31(39-38(56-19-57-39)21(3)37(32)58-22(4)49)29(17-55-43(44)52)48-34(40)33-30-23(15-28(42(48)51)47(33)5)14-20(2)36(53-6)35(30)50/h9-10,14,16,28-29,33-34,40,42,45-46,50-51H,7-8,11-13,15,17-19H2,1-6H3/t28-,29-,33-,34?,40+,42-,44+/m0/s1. The van der Waals surface area contributed by atoms with Crippen molar-refractivity contribution in [3.05, 3.63) is 68.9 Å². The number of H-pyrrole nitrogens is 1. The fourth-order valence-corrected chi connectivity index (χ4v) is 12.5. The van der Waals surface area contributed by atoms with E-state index in [2.05, 4.69) is 34.3 Å². The first-order valence-corrected chi connectivity index (χ1v) is 21.6. The first kappa shape index (κ1) is 38.5. The molecule has 3 aromatic carbocycles. The van der Waals surface area contributed by atoms with Crippen molar-refractivity contribution in [2.24, 2.45) is 0 Å².